The minimum atomic E-state index is -4.60. The lowest BCUT2D eigenvalue weighted by Gasteiger charge is -2.12. The van der Waals surface area contributed by atoms with Crippen LogP contribution in [0.5, 0.6) is 0 Å². The van der Waals surface area contributed by atoms with E-state index in [0.29, 0.717) is 18.5 Å². The fourth-order valence-corrected chi connectivity index (χ4v) is 2.58. The number of aromatic nitrogens is 2. The molecule has 1 atom stereocenters. The molecule has 100 valence electrons. The Morgan fingerprint density at radius 1 is 1.44 bits per heavy atom. The minimum absolute atomic E-state index is 0.0536. The van der Waals surface area contributed by atoms with Crippen LogP contribution in [-0.4, -0.2) is 10.2 Å². The fraction of sp³-hybridized carbons (Fsp3) is 0.667. The number of unbranched alkanes of at least 4 members (excludes halogenated alkanes) is 1. The molecule has 0 bridgehead atoms. The Morgan fingerprint density at radius 3 is 2.78 bits per heavy atom. The van der Waals surface area contributed by atoms with E-state index >= 15 is 0 Å². The van der Waals surface area contributed by atoms with Crippen LogP contribution < -0.4 is 5.56 Å². The van der Waals surface area contributed by atoms with Crippen molar-refractivity contribution in [3.8, 4) is 0 Å². The van der Waals surface area contributed by atoms with Gasteiger partial charge in [0.25, 0.3) is 5.56 Å². The van der Waals surface area contributed by atoms with Gasteiger partial charge in [-0.25, -0.2) is 5.10 Å². The van der Waals surface area contributed by atoms with Crippen molar-refractivity contribution in [3.63, 3.8) is 0 Å². The van der Waals surface area contributed by atoms with E-state index in [1.165, 1.54) is 0 Å². The summed E-state index contributed by atoms with van der Waals surface area (Å²) in [5.74, 6) is 0.0536. The summed E-state index contributed by atoms with van der Waals surface area (Å²) in [7, 11) is 0. The van der Waals surface area contributed by atoms with Crippen LogP contribution in [0.15, 0.2) is 4.79 Å². The quantitative estimate of drug-likeness (QED) is 0.908. The van der Waals surface area contributed by atoms with Gasteiger partial charge in [-0.3, -0.25) is 4.79 Å². The zero-order valence-corrected chi connectivity index (χ0v) is 10.1. The average Bonchev–Trinajstić information content (AvgIpc) is 2.67. The van der Waals surface area contributed by atoms with Gasteiger partial charge in [-0.1, -0.05) is 19.8 Å². The van der Waals surface area contributed by atoms with Gasteiger partial charge in [0.05, 0.1) is 5.69 Å². The lowest BCUT2D eigenvalue weighted by molar-refractivity contribution is -0.139. The highest BCUT2D eigenvalue weighted by Gasteiger charge is 2.40. The number of hydrogen-bond donors (Lipinski definition) is 1. The van der Waals surface area contributed by atoms with E-state index in [-0.39, 0.29) is 11.5 Å². The van der Waals surface area contributed by atoms with E-state index in [1.807, 2.05) is 12.0 Å². The lowest BCUT2D eigenvalue weighted by Crippen LogP contribution is -2.25. The molecule has 0 saturated carbocycles. The Morgan fingerprint density at radius 2 is 2.17 bits per heavy atom. The van der Waals surface area contributed by atoms with Gasteiger partial charge in [-0.2, -0.15) is 18.3 Å². The topological polar surface area (TPSA) is 45.8 Å². The molecule has 0 saturated heterocycles. The molecule has 1 aliphatic rings. The number of hydrogen-bond acceptors (Lipinski definition) is 2. The minimum Gasteiger partial charge on any atom is -0.267 e. The van der Waals surface area contributed by atoms with Gasteiger partial charge in [0.1, 0.15) is 5.56 Å². The molecule has 0 aromatic carbocycles. The first kappa shape index (κ1) is 13.1. The number of fused-ring (bicyclic) bond motifs is 1. The zero-order chi connectivity index (χ0) is 13.3. The number of nitrogens with one attached hydrogen (secondary N) is 1. The molecule has 1 heterocycles. The third-order valence-corrected chi connectivity index (χ3v) is 3.44. The Balaban J connectivity index is 2.42. The standard InChI is InChI=1S/C12H15F3N2O/c1-2-3-4-7-5-6-8-9(12(13,14)15)11(18)17-16-10(7)8/h7H,2-6H2,1H3,(H,17,18). The van der Waals surface area contributed by atoms with Gasteiger partial charge in [-0.15, -0.1) is 0 Å². The monoisotopic (exact) mass is 260 g/mol. The highest BCUT2D eigenvalue weighted by Crippen LogP contribution is 2.40. The highest BCUT2D eigenvalue weighted by atomic mass is 19.4. The summed E-state index contributed by atoms with van der Waals surface area (Å²) >= 11 is 0. The molecule has 1 aromatic heterocycles. The highest BCUT2D eigenvalue weighted by molar-refractivity contribution is 5.36. The van der Waals surface area contributed by atoms with Crippen LogP contribution >= 0.6 is 0 Å². The van der Waals surface area contributed by atoms with Gasteiger partial charge in [0, 0.05) is 5.92 Å². The third kappa shape index (κ3) is 2.28. The molecule has 3 nitrogen and oxygen atoms in total. The van der Waals surface area contributed by atoms with Crippen LogP contribution in [0.25, 0.3) is 0 Å². The molecule has 0 radical (unpaired) electrons. The molecule has 18 heavy (non-hydrogen) atoms. The van der Waals surface area contributed by atoms with Crippen molar-refractivity contribution in [2.75, 3.05) is 0 Å². The first-order valence-electron chi connectivity index (χ1n) is 6.13. The third-order valence-electron chi connectivity index (χ3n) is 3.44. The Labute approximate surface area is 102 Å². The maximum Gasteiger partial charge on any atom is 0.422 e. The molecule has 1 N–H and O–H groups in total. The SMILES string of the molecule is CCCCC1CCc2c1n[nH]c(=O)c2C(F)(F)F. The second-order valence-corrected chi connectivity index (χ2v) is 4.67. The van der Waals surface area contributed by atoms with Crippen molar-refractivity contribution in [3.05, 3.63) is 27.2 Å². The largest absolute Gasteiger partial charge is 0.422 e. The van der Waals surface area contributed by atoms with E-state index in [9.17, 15) is 18.0 Å². The second kappa shape index (κ2) is 4.74. The average molecular weight is 260 g/mol. The van der Waals surface area contributed by atoms with Crippen molar-refractivity contribution < 1.29 is 13.2 Å². The predicted molar refractivity (Wildman–Crippen MR) is 60.4 cm³/mol. The maximum atomic E-state index is 12.8. The van der Waals surface area contributed by atoms with Crippen molar-refractivity contribution in [1.29, 1.82) is 0 Å². The Hall–Kier alpha value is -1.33. The molecule has 1 aromatic rings. The molecule has 6 heteroatoms. The first-order chi connectivity index (χ1) is 8.45. The summed E-state index contributed by atoms with van der Waals surface area (Å²) in [6.45, 7) is 2.04. The van der Waals surface area contributed by atoms with Gasteiger partial charge in [-0.05, 0) is 24.8 Å². The fourth-order valence-electron chi connectivity index (χ4n) is 2.58. The van der Waals surface area contributed by atoms with Gasteiger partial charge in [0.15, 0.2) is 0 Å². The Kier molecular flexibility index (Phi) is 3.45. The van der Waals surface area contributed by atoms with Gasteiger partial charge in [0.2, 0.25) is 0 Å². The molecule has 0 fully saturated rings. The number of aromatic amines is 1. The predicted octanol–water partition coefficient (Wildman–Crippen LogP) is 3.01. The van der Waals surface area contributed by atoms with E-state index in [4.69, 9.17) is 0 Å². The van der Waals surface area contributed by atoms with E-state index in [1.54, 1.807) is 0 Å². The van der Waals surface area contributed by atoms with Crippen molar-refractivity contribution in [2.24, 2.45) is 0 Å². The number of alkyl halides is 3. The van der Waals surface area contributed by atoms with E-state index in [0.717, 1.165) is 19.3 Å². The summed E-state index contributed by atoms with van der Waals surface area (Å²) < 4.78 is 38.5. The van der Waals surface area contributed by atoms with Crippen LogP contribution in [0.1, 0.15) is 55.3 Å². The Bertz CT molecular complexity index is 493. The molecule has 0 amide bonds. The normalized spacial score (nSPS) is 19.0. The van der Waals surface area contributed by atoms with Crippen LogP contribution in [-0.2, 0) is 12.6 Å². The molecule has 2 rings (SSSR count). The smallest absolute Gasteiger partial charge is 0.267 e. The first-order valence-corrected chi connectivity index (χ1v) is 6.13. The molecule has 0 spiro atoms. The van der Waals surface area contributed by atoms with Crippen LogP contribution in [0.3, 0.4) is 0 Å². The van der Waals surface area contributed by atoms with E-state index < -0.39 is 17.3 Å². The number of H-pyrrole nitrogens is 1. The van der Waals surface area contributed by atoms with Crippen LogP contribution in [0.2, 0.25) is 0 Å². The molecular formula is C12H15F3N2O. The zero-order valence-electron chi connectivity index (χ0n) is 10.1. The number of nitrogens with zero attached hydrogens (tertiary/aromatic N) is 1. The summed E-state index contributed by atoms with van der Waals surface area (Å²) in [5.41, 5.74) is -1.63. The maximum absolute atomic E-state index is 12.8. The van der Waals surface area contributed by atoms with Crippen molar-refractivity contribution in [1.82, 2.24) is 10.2 Å². The van der Waals surface area contributed by atoms with Gasteiger partial charge >= 0.3 is 6.18 Å². The number of rotatable bonds is 3. The number of halogens is 3. The summed E-state index contributed by atoms with van der Waals surface area (Å²) in [4.78, 5) is 11.3. The summed E-state index contributed by atoms with van der Waals surface area (Å²) in [6.07, 6.45) is -0.841. The van der Waals surface area contributed by atoms with E-state index in [2.05, 4.69) is 5.10 Å². The molecule has 1 unspecified atom stereocenters. The van der Waals surface area contributed by atoms with Crippen molar-refractivity contribution in [2.45, 2.75) is 51.1 Å². The molecular weight excluding hydrogens is 245 g/mol. The van der Waals surface area contributed by atoms with Gasteiger partial charge < -0.3 is 0 Å². The second-order valence-electron chi connectivity index (χ2n) is 4.67. The summed E-state index contributed by atoms with van der Waals surface area (Å²) in [5, 5.41) is 5.82. The molecule has 0 aliphatic heterocycles. The van der Waals surface area contributed by atoms with Crippen molar-refractivity contribution >= 4 is 0 Å². The van der Waals surface area contributed by atoms with Crippen LogP contribution in [0, 0.1) is 0 Å². The lowest BCUT2D eigenvalue weighted by atomic mass is 9.99. The molecule has 1 aliphatic carbocycles. The summed E-state index contributed by atoms with van der Waals surface area (Å²) in [6, 6.07) is 0. The van der Waals surface area contributed by atoms with Crippen LogP contribution in [0.4, 0.5) is 13.2 Å².